The van der Waals surface area contributed by atoms with Gasteiger partial charge in [-0.25, -0.2) is 0 Å². The second kappa shape index (κ2) is 13.8. The monoisotopic (exact) mass is 544 g/mol. The number of hydrogen-bond acceptors (Lipinski definition) is 4. The Labute approximate surface area is 203 Å². The number of aliphatic imine (C=N–C) groups is 1. The summed E-state index contributed by atoms with van der Waals surface area (Å²) in [7, 11) is 1.81. The molecule has 0 aliphatic carbocycles. The van der Waals surface area contributed by atoms with Crippen molar-refractivity contribution in [3.8, 4) is 5.75 Å². The van der Waals surface area contributed by atoms with Gasteiger partial charge >= 0.3 is 0 Å². The van der Waals surface area contributed by atoms with Crippen molar-refractivity contribution in [2.75, 3.05) is 53.0 Å². The molecule has 1 unspecified atom stereocenters. The van der Waals surface area contributed by atoms with E-state index in [1.54, 1.807) is 0 Å². The van der Waals surface area contributed by atoms with Crippen molar-refractivity contribution in [2.45, 2.75) is 45.1 Å². The molecule has 2 aliphatic rings. The molecule has 0 spiro atoms. The van der Waals surface area contributed by atoms with Crippen molar-refractivity contribution in [3.05, 3.63) is 29.8 Å². The minimum Gasteiger partial charge on any atom is -0.494 e. The molecule has 7 nitrogen and oxygen atoms in total. The summed E-state index contributed by atoms with van der Waals surface area (Å²) >= 11 is 0. The Bertz CT molecular complexity index is 685. The Morgan fingerprint density at radius 3 is 2.52 bits per heavy atom. The van der Waals surface area contributed by atoms with Gasteiger partial charge < -0.3 is 24.6 Å². The third-order valence-electron chi connectivity index (χ3n) is 5.69. The third-order valence-corrected chi connectivity index (χ3v) is 5.69. The zero-order valence-electron chi connectivity index (χ0n) is 18.8. The molecule has 8 heteroatoms. The number of carbonyl (C=O) groups excluding carboxylic acids is 1. The molecule has 0 radical (unpaired) electrons. The van der Waals surface area contributed by atoms with E-state index in [-0.39, 0.29) is 36.0 Å². The van der Waals surface area contributed by atoms with Crippen molar-refractivity contribution < 1.29 is 14.3 Å². The van der Waals surface area contributed by atoms with Crippen molar-refractivity contribution in [1.82, 2.24) is 15.1 Å². The first-order valence-electron chi connectivity index (χ1n) is 11.3. The number of piperazine rings is 1. The molecule has 1 aromatic rings. The van der Waals surface area contributed by atoms with Crippen LogP contribution < -0.4 is 10.1 Å². The third kappa shape index (κ3) is 7.82. The zero-order chi connectivity index (χ0) is 21.2. The van der Waals surface area contributed by atoms with Crippen molar-refractivity contribution in [2.24, 2.45) is 4.99 Å². The lowest BCUT2D eigenvalue weighted by Crippen LogP contribution is -2.55. The lowest BCUT2D eigenvalue weighted by atomic mass is 10.1. The molecule has 2 heterocycles. The van der Waals surface area contributed by atoms with Gasteiger partial charge in [-0.1, -0.05) is 25.5 Å². The second-order valence-corrected chi connectivity index (χ2v) is 7.88. The average Bonchev–Trinajstić information content (AvgIpc) is 3.33. The molecule has 31 heavy (non-hydrogen) atoms. The number of unbranched alkanes of at least 4 members (excludes halogenated alkanes) is 1. The maximum Gasteiger partial charge on any atom is 0.251 e. The zero-order valence-corrected chi connectivity index (χ0v) is 21.2. The molecule has 0 bridgehead atoms. The number of benzene rings is 1. The molecule has 1 atom stereocenters. The number of halogens is 1. The number of carbonyl (C=O) groups is 1. The summed E-state index contributed by atoms with van der Waals surface area (Å²) in [6.07, 6.45) is 4.77. The first-order valence-corrected chi connectivity index (χ1v) is 11.3. The van der Waals surface area contributed by atoms with Crippen molar-refractivity contribution >= 4 is 35.8 Å². The molecular weight excluding hydrogens is 507 g/mol. The fourth-order valence-electron chi connectivity index (χ4n) is 3.85. The Morgan fingerprint density at radius 1 is 1.19 bits per heavy atom. The van der Waals surface area contributed by atoms with Gasteiger partial charge in [-0.2, -0.15) is 0 Å². The lowest BCUT2D eigenvalue weighted by molar-refractivity contribution is -0.142. The Morgan fingerprint density at radius 2 is 1.90 bits per heavy atom. The average molecular weight is 544 g/mol. The summed E-state index contributed by atoms with van der Waals surface area (Å²) in [6.45, 7) is 7.50. The summed E-state index contributed by atoms with van der Waals surface area (Å²) in [5.41, 5.74) is 1.27. The van der Waals surface area contributed by atoms with E-state index in [9.17, 15) is 4.79 Å². The minimum absolute atomic E-state index is 0. The first kappa shape index (κ1) is 25.7. The Kier molecular flexibility index (Phi) is 11.4. The van der Waals surface area contributed by atoms with E-state index >= 15 is 0 Å². The van der Waals surface area contributed by atoms with Crippen LogP contribution in [0.4, 0.5) is 0 Å². The number of ether oxygens (including phenoxy) is 2. The topological polar surface area (TPSA) is 66.4 Å². The normalized spacial score (nSPS) is 19.2. The van der Waals surface area contributed by atoms with Gasteiger partial charge in [-0.3, -0.25) is 9.79 Å². The van der Waals surface area contributed by atoms with Crippen LogP contribution in [-0.2, 0) is 16.0 Å². The molecule has 0 saturated carbocycles. The van der Waals surface area contributed by atoms with Gasteiger partial charge in [0.05, 0.1) is 6.61 Å². The summed E-state index contributed by atoms with van der Waals surface area (Å²) in [5.74, 6) is 1.99. The molecule has 1 aromatic carbocycles. The van der Waals surface area contributed by atoms with Gasteiger partial charge in [-0.15, -0.1) is 24.0 Å². The van der Waals surface area contributed by atoms with E-state index in [4.69, 9.17) is 9.47 Å². The van der Waals surface area contributed by atoms with Gasteiger partial charge in [-0.05, 0) is 43.4 Å². The van der Waals surface area contributed by atoms with Gasteiger partial charge in [0.25, 0.3) is 5.91 Å². The molecule has 0 aromatic heterocycles. The summed E-state index contributed by atoms with van der Waals surface area (Å²) in [5, 5.41) is 3.46. The number of nitrogens with one attached hydrogen (secondary N) is 1. The van der Waals surface area contributed by atoms with Gasteiger partial charge in [0.1, 0.15) is 11.9 Å². The molecule has 2 fully saturated rings. The van der Waals surface area contributed by atoms with E-state index in [0.29, 0.717) is 6.61 Å². The predicted octanol–water partition coefficient (Wildman–Crippen LogP) is 2.92. The summed E-state index contributed by atoms with van der Waals surface area (Å²) in [6, 6.07) is 8.34. The smallest absolute Gasteiger partial charge is 0.251 e. The Balaban J connectivity index is 0.00000341. The number of hydrogen-bond donors (Lipinski definition) is 1. The highest BCUT2D eigenvalue weighted by atomic mass is 127. The molecule has 1 N–H and O–H groups in total. The van der Waals surface area contributed by atoms with Crippen LogP contribution in [0.15, 0.2) is 29.3 Å². The van der Waals surface area contributed by atoms with E-state index in [1.165, 1.54) is 5.56 Å². The molecule has 1 amide bonds. The minimum atomic E-state index is -0.225. The van der Waals surface area contributed by atoms with Crippen LogP contribution in [0.25, 0.3) is 0 Å². The number of guanidine groups is 1. The summed E-state index contributed by atoms with van der Waals surface area (Å²) in [4.78, 5) is 21.1. The number of rotatable bonds is 8. The Hall–Kier alpha value is -1.55. The van der Waals surface area contributed by atoms with Crippen LogP contribution >= 0.6 is 24.0 Å². The molecular formula is C23H37IN4O3. The number of amides is 1. The highest BCUT2D eigenvalue weighted by molar-refractivity contribution is 14.0. The summed E-state index contributed by atoms with van der Waals surface area (Å²) < 4.78 is 11.3. The van der Waals surface area contributed by atoms with Crippen LogP contribution in [0.3, 0.4) is 0 Å². The maximum atomic E-state index is 12.5. The SMILES string of the molecule is CCCCOc1ccc(CCNC(=NC)N2CCN(C(=O)C3CCCO3)CC2)cc1.I. The van der Waals surface area contributed by atoms with Crippen LogP contribution in [0.2, 0.25) is 0 Å². The maximum absolute atomic E-state index is 12.5. The van der Waals surface area contributed by atoms with Crippen molar-refractivity contribution in [3.63, 3.8) is 0 Å². The predicted molar refractivity (Wildman–Crippen MR) is 134 cm³/mol. The second-order valence-electron chi connectivity index (χ2n) is 7.88. The largest absolute Gasteiger partial charge is 0.494 e. The lowest BCUT2D eigenvalue weighted by Gasteiger charge is -2.37. The molecule has 174 valence electrons. The van der Waals surface area contributed by atoms with Crippen LogP contribution in [-0.4, -0.2) is 80.8 Å². The van der Waals surface area contributed by atoms with E-state index in [1.807, 2.05) is 24.1 Å². The van der Waals surface area contributed by atoms with E-state index in [0.717, 1.165) is 83.1 Å². The van der Waals surface area contributed by atoms with Crippen LogP contribution in [0, 0.1) is 0 Å². The molecule has 2 aliphatic heterocycles. The molecule has 3 rings (SSSR count). The highest BCUT2D eigenvalue weighted by Gasteiger charge is 2.30. The van der Waals surface area contributed by atoms with Gasteiger partial charge in [0, 0.05) is 46.4 Å². The van der Waals surface area contributed by atoms with Crippen LogP contribution in [0.1, 0.15) is 38.2 Å². The first-order chi connectivity index (χ1) is 14.7. The van der Waals surface area contributed by atoms with Crippen molar-refractivity contribution in [1.29, 1.82) is 0 Å². The van der Waals surface area contributed by atoms with E-state index < -0.39 is 0 Å². The van der Waals surface area contributed by atoms with E-state index in [2.05, 4.69) is 34.3 Å². The van der Waals surface area contributed by atoms with Crippen LogP contribution in [0.5, 0.6) is 5.75 Å². The van der Waals surface area contributed by atoms with Gasteiger partial charge in [0.2, 0.25) is 0 Å². The number of nitrogens with zero attached hydrogens (tertiary/aromatic N) is 3. The fourth-order valence-corrected chi connectivity index (χ4v) is 3.85. The standard InChI is InChI=1S/C23H36N4O3.HI/c1-3-4-17-29-20-9-7-19(8-10-20)11-12-25-23(24-2)27-15-13-26(14-16-27)22(28)21-6-5-18-30-21;/h7-10,21H,3-6,11-18H2,1-2H3,(H,24,25);1H. The van der Waals surface area contributed by atoms with Gasteiger partial charge in [0.15, 0.2) is 5.96 Å². The fraction of sp³-hybridized carbons (Fsp3) is 0.652. The molecule has 2 saturated heterocycles. The quantitative estimate of drug-likeness (QED) is 0.236. The highest BCUT2D eigenvalue weighted by Crippen LogP contribution is 2.16.